The van der Waals surface area contributed by atoms with Crippen LogP contribution in [0, 0.1) is 3.57 Å². The van der Waals surface area contributed by atoms with Crippen LogP contribution in [0.3, 0.4) is 0 Å². The van der Waals surface area contributed by atoms with Crippen molar-refractivity contribution >= 4 is 39.3 Å². The molecule has 114 valence electrons. The van der Waals surface area contributed by atoms with Gasteiger partial charge in [-0.15, -0.1) is 0 Å². The van der Waals surface area contributed by atoms with E-state index in [1.807, 2.05) is 10.9 Å². The van der Waals surface area contributed by atoms with Gasteiger partial charge in [0.25, 0.3) is 0 Å². The summed E-state index contributed by atoms with van der Waals surface area (Å²) >= 11 is 2.41. The van der Waals surface area contributed by atoms with E-state index in [9.17, 15) is 0 Å². The molecule has 0 bridgehead atoms. The topological polar surface area (TPSA) is 52.0 Å². The molecule has 1 aliphatic heterocycles. The number of anilines is 1. The molecule has 1 aliphatic rings. The molecule has 0 unspecified atom stereocenters. The number of hydrogen-bond donors (Lipinski definition) is 1. The summed E-state index contributed by atoms with van der Waals surface area (Å²) in [5.74, 6) is 0. The van der Waals surface area contributed by atoms with E-state index >= 15 is 0 Å². The zero-order chi connectivity index (χ0) is 14.8. The fourth-order valence-corrected chi connectivity index (χ4v) is 3.71. The number of aryl methyl sites for hydroxylation is 2. The molecule has 0 aromatic carbocycles. The van der Waals surface area contributed by atoms with E-state index in [1.165, 1.54) is 9.26 Å². The molecule has 1 fully saturated rings. The van der Waals surface area contributed by atoms with Gasteiger partial charge in [0, 0.05) is 25.8 Å². The third kappa shape index (κ3) is 2.88. The molecule has 1 N–H and O–H groups in total. The van der Waals surface area contributed by atoms with Crippen LogP contribution in [0.4, 0.5) is 5.69 Å². The van der Waals surface area contributed by atoms with Crippen LogP contribution >= 0.6 is 22.6 Å². The van der Waals surface area contributed by atoms with Crippen molar-refractivity contribution in [3.8, 4) is 0 Å². The van der Waals surface area contributed by atoms with Crippen LogP contribution in [0.1, 0.15) is 32.4 Å². The highest BCUT2D eigenvalue weighted by Crippen LogP contribution is 2.31. The van der Waals surface area contributed by atoms with Crippen molar-refractivity contribution in [3.63, 3.8) is 0 Å². The summed E-state index contributed by atoms with van der Waals surface area (Å²) in [5.41, 5.74) is 3.33. The molecule has 0 atom stereocenters. The molecular formula is C15H21IN4O. The van der Waals surface area contributed by atoms with E-state index < -0.39 is 0 Å². The van der Waals surface area contributed by atoms with Crippen LogP contribution < -0.4 is 5.32 Å². The molecule has 3 heterocycles. The largest absolute Gasteiger partial charge is 0.381 e. The minimum atomic E-state index is 0.479. The van der Waals surface area contributed by atoms with Crippen LogP contribution in [-0.2, 0) is 17.7 Å². The predicted octanol–water partition coefficient (Wildman–Crippen LogP) is 3.21. The second kappa shape index (κ2) is 6.48. The second-order valence-corrected chi connectivity index (χ2v) is 6.41. The molecule has 21 heavy (non-hydrogen) atoms. The van der Waals surface area contributed by atoms with Crippen molar-refractivity contribution in [3.05, 3.63) is 15.5 Å². The van der Waals surface area contributed by atoms with Gasteiger partial charge in [-0.1, -0.05) is 6.92 Å². The third-order valence-corrected chi connectivity index (χ3v) is 5.16. The standard InChI is InChI=1S/C15H21IN4O/c1-3-12-13(16)14(18-10-5-7-21-8-6-10)11-9-17-20(4-2)15(11)19-12/h9-10H,3-8H2,1-2H3,(H,18,19). The molecule has 0 amide bonds. The Kier molecular flexibility index (Phi) is 4.63. The van der Waals surface area contributed by atoms with Crippen molar-refractivity contribution in [2.45, 2.75) is 45.7 Å². The minimum Gasteiger partial charge on any atom is -0.381 e. The van der Waals surface area contributed by atoms with Crippen LogP contribution in [0.15, 0.2) is 6.20 Å². The Morgan fingerprint density at radius 2 is 2.14 bits per heavy atom. The number of nitrogens with one attached hydrogen (secondary N) is 1. The number of fused-ring (bicyclic) bond motifs is 1. The lowest BCUT2D eigenvalue weighted by molar-refractivity contribution is 0.0904. The van der Waals surface area contributed by atoms with Gasteiger partial charge in [0.1, 0.15) is 0 Å². The highest BCUT2D eigenvalue weighted by atomic mass is 127. The lowest BCUT2D eigenvalue weighted by atomic mass is 10.1. The van der Waals surface area contributed by atoms with E-state index in [0.29, 0.717) is 6.04 Å². The summed E-state index contributed by atoms with van der Waals surface area (Å²) in [6.07, 6.45) is 4.99. The van der Waals surface area contributed by atoms with E-state index in [-0.39, 0.29) is 0 Å². The monoisotopic (exact) mass is 400 g/mol. The maximum absolute atomic E-state index is 5.45. The predicted molar refractivity (Wildman–Crippen MR) is 92.8 cm³/mol. The first-order valence-electron chi connectivity index (χ1n) is 7.62. The van der Waals surface area contributed by atoms with Crippen LogP contribution in [0.25, 0.3) is 11.0 Å². The number of hydrogen-bond acceptors (Lipinski definition) is 4. The third-order valence-electron chi connectivity index (χ3n) is 4.00. The number of aromatic nitrogens is 3. The fraction of sp³-hybridized carbons (Fsp3) is 0.600. The molecule has 0 radical (unpaired) electrons. The van der Waals surface area contributed by atoms with Gasteiger partial charge in [-0.25, -0.2) is 9.67 Å². The quantitative estimate of drug-likeness (QED) is 0.801. The first-order chi connectivity index (χ1) is 10.2. The number of nitrogens with zero attached hydrogens (tertiary/aromatic N) is 3. The zero-order valence-electron chi connectivity index (χ0n) is 12.5. The van der Waals surface area contributed by atoms with E-state index in [4.69, 9.17) is 9.72 Å². The summed E-state index contributed by atoms with van der Waals surface area (Å²) in [4.78, 5) is 4.81. The Bertz CT molecular complexity index is 634. The Morgan fingerprint density at radius 1 is 1.38 bits per heavy atom. The number of ether oxygens (including phenoxy) is 1. The smallest absolute Gasteiger partial charge is 0.160 e. The average molecular weight is 400 g/mol. The molecule has 0 aliphatic carbocycles. The molecule has 5 nitrogen and oxygen atoms in total. The van der Waals surface area contributed by atoms with E-state index in [1.54, 1.807) is 0 Å². The van der Waals surface area contributed by atoms with Crippen LogP contribution in [0.2, 0.25) is 0 Å². The molecule has 3 rings (SSSR count). The molecule has 2 aromatic rings. The van der Waals surface area contributed by atoms with Crippen molar-refractivity contribution in [1.29, 1.82) is 0 Å². The highest BCUT2D eigenvalue weighted by Gasteiger charge is 2.20. The summed E-state index contributed by atoms with van der Waals surface area (Å²) in [6.45, 7) is 6.79. The van der Waals surface area contributed by atoms with Crippen molar-refractivity contribution in [2.24, 2.45) is 0 Å². The SMILES string of the molecule is CCc1nc2c(cnn2CC)c(NC2CCOCC2)c1I. The molecule has 1 saturated heterocycles. The van der Waals surface area contributed by atoms with Gasteiger partial charge in [-0.2, -0.15) is 5.10 Å². The van der Waals surface area contributed by atoms with Gasteiger partial charge < -0.3 is 10.1 Å². The zero-order valence-corrected chi connectivity index (χ0v) is 14.7. The maximum atomic E-state index is 5.45. The van der Waals surface area contributed by atoms with Gasteiger partial charge in [-0.05, 0) is 48.8 Å². The van der Waals surface area contributed by atoms with Gasteiger partial charge in [0.2, 0.25) is 0 Å². The normalized spacial score (nSPS) is 16.5. The van der Waals surface area contributed by atoms with E-state index in [2.05, 4.69) is 46.9 Å². The number of rotatable bonds is 4. The van der Waals surface area contributed by atoms with E-state index in [0.717, 1.165) is 55.7 Å². The summed E-state index contributed by atoms with van der Waals surface area (Å²) < 4.78 is 8.65. The molecular weight excluding hydrogens is 379 g/mol. The van der Waals surface area contributed by atoms with Gasteiger partial charge in [0.05, 0.1) is 26.5 Å². The lowest BCUT2D eigenvalue weighted by Gasteiger charge is -2.25. The Hall–Kier alpha value is -0.890. The van der Waals surface area contributed by atoms with Crippen LogP contribution in [-0.4, -0.2) is 34.0 Å². The summed E-state index contributed by atoms with van der Waals surface area (Å²) in [5, 5.41) is 9.32. The minimum absolute atomic E-state index is 0.479. The highest BCUT2D eigenvalue weighted by molar-refractivity contribution is 14.1. The first-order valence-corrected chi connectivity index (χ1v) is 8.70. The summed E-state index contributed by atoms with van der Waals surface area (Å²) in [6, 6.07) is 0.479. The van der Waals surface area contributed by atoms with Gasteiger partial charge >= 0.3 is 0 Å². The van der Waals surface area contributed by atoms with Crippen molar-refractivity contribution in [2.75, 3.05) is 18.5 Å². The molecule has 2 aromatic heterocycles. The summed E-state index contributed by atoms with van der Waals surface area (Å²) in [7, 11) is 0. The molecule has 6 heteroatoms. The Balaban J connectivity index is 2.05. The van der Waals surface area contributed by atoms with Crippen LogP contribution in [0.5, 0.6) is 0 Å². The second-order valence-electron chi connectivity index (χ2n) is 5.33. The lowest BCUT2D eigenvalue weighted by Crippen LogP contribution is -2.28. The maximum Gasteiger partial charge on any atom is 0.160 e. The number of pyridine rings is 1. The first kappa shape index (κ1) is 15.0. The van der Waals surface area contributed by atoms with Crippen molar-refractivity contribution < 1.29 is 4.74 Å². The number of halogens is 1. The molecule has 0 saturated carbocycles. The molecule has 0 spiro atoms. The van der Waals surface area contributed by atoms with Crippen molar-refractivity contribution in [1.82, 2.24) is 14.8 Å². The fourth-order valence-electron chi connectivity index (χ4n) is 2.77. The average Bonchev–Trinajstić information content (AvgIpc) is 2.93. The Labute approximate surface area is 138 Å². The van der Waals surface area contributed by atoms with Gasteiger partial charge in [0.15, 0.2) is 5.65 Å². The Morgan fingerprint density at radius 3 is 2.81 bits per heavy atom. The van der Waals surface area contributed by atoms with Gasteiger partial charge in [-0.3, -0.25) is 0 Å².